The predicted octanol–water partition coefficient (Wildman–Crippen LogP) is 1.19. The van der Waals surface area contributed by atoms with Gasteiger partial charge in [0.05, 0.1) is 12.2 Å². The van der Waals surface area contributed by atoms with Crippen LogP contribution in [0.3, 0.4) is 0 Å². The normalized spacial score (nSPS) is 10.5. The van der Waals surface area contributed by atoms with Crippen LogP contribution >= 0.6 is 0 Å². The van der Waals surface area contributed by atoms with Crippen LogP contribution in [0.5, 0.6) is 0 Å². The minimum absolute atomic E-state index is 0.185. The molecule has 0 unspecified atom stereocenters. The van der Waals surface area contributed by atoms with Crippen molar-refractivity contribution in [1.82, 2.24) is 25.2 Å². The van der Waals surface area contributed by atoms with Crippen molar-refractivity contribution in [3.8, 4) is 0 Å². The fourth-order valence-electron chi connectivity index (χ4n) is 2.39. The van der Waals surface area contributed by atoms with Gasteiger partial charge in [-0.1, -0.05) is 17.3 Å². The molecule has 0 bridgehead atoms. The molecule has 3 rings (SSSR count). The van der Waals surface area contributed by atoms with Gasteiger partial charge in [0.1, 0.15) is 18.4 Å². The minimum atomic E-state index is -0.735. The van der Waals surface area contributed by atoms with Crippen LogP contribution in [0.4, 0.5) is 5.69 Å². The largest absolute Gasteiger partial charge is 0.361 e. The molecule has 1 aromatic carbocycles. The second-order valence-electron chi connectivity index (χ2n) is 5.73. The number of benzene rings is 1. The zero-order valence-corrected chi connectivity index (χ0v) is 14.4. The van der Waals surface area contributed by atoms with Crippen molar-refractivity contribution in [3.05, 3.63) is 59.5 Å². The Labute approximate surface area is 149 Å². The third-order valence-electron chi connectivity index (χ3n) is 3.84. The third-order valence-corrected chi connectivity index (χ3v) is 3.84. The number of nitrogens with zero attached hydrogens (tertiary/aromatic N) is 4. The highest BCUT2D eigenvalue weighted by molar-refractivity contribution is 6.39. The van der Waals surface area contributed by atoms with Crippen LogP contribution in [-0.4, -0.2) is 31.7 Å². The number of hydrogen-bond acceptors (Lipinski definition) is 6. The van der Waals surface area contributed by atoms with Crippen LogP contribution in [0, 0.1) is 13.8 Å². The first-order valence-electron chi connectivity index (χ1n) is 7.95. The predicted molar refractivity (Wildman–Crippen MR) is 92.0 cm³/mol. The summed E-state index contributed by atoms with van der Waals surface area (Å²) < 4.78 is 6.71. The van der Waals surface area contributed by atoms with Crippen LogP contribution < -0.4 is 10.6 Å². The van der Waals surface area contributed by atoms with Crippen LogP contribution in [0.15, 0.2) is 41.4 Å². The molecule has 2 amide bonds. The van der Waals surface area contributed by atoms with Gasteiger partial charge in [-0.15, -0.1) is 0 Å². The molecule has 2 heterocycles. The Bertz CT molecular complexity index is 880. The second-order valence-corrected chi connectivity index (χ2v) is 5.73. The van der Waals surface area contributed by atoms with E-state index in [0.29, 0.717) is 23.7 Å². The van der Waals surface area contributed by atoms with Gasteiger partial charge in [0, 0.05) is 17.8 Å². The molecule has 0 aliphatic carbocycles. The molecule has 0 aliphatic heterocycles. The minimum Gasteiger partial charge on any atom is -0.361 e. The van der Waals surface area contributed by atoms with Gasteiger partial charge in [0.2, 0.25) is 0 Å². The molecule has 0 saturated heterocycles. The molecule has 2 N–H and O–H groups in total. The number of nitrogens with one attached hydrogen (secondary N) is 2. The van der Waals surface area contributed by atoms with E-state index in [1.165, 1.54) is 6.33 Å². The van der Waals surface area contributed by atoms with Gasteiger partial charge >= 0.3 is 11.8 Å². The Morgan fingerprint density at radius 3 is 2.54 bits per heavy atom. The van der Waals surface area contributed by atoms with Crippen LogP contribution in [-0.2, 0) is 22.7 Å². The summed E-state index contributed by atoms with van der Waals surface area (Å²) in [7, 11) is 0. The number of aryl methyl sites for hydroxylation is 2. The van der Waals surface area contributed by atoms with Crippen molar-refractivity contribution in [2.24, 2.45) is 0 Å². The summed E-state index contributed by atoms with van der Waals surface area (Å²) in [5.74, 6) is -0.844. The molecule has 26 heavy (non-hydrogen) atoms. The third kappa shape index (κ3) is 4.12. The molecule has 134 valence electrons. The Balaban J connectivity index is 1.53. The Hall–Kier alpha value is -3.49. The van der Waals surface area contributed by atoms with Crippen molar-refractivity contribution in [1.29, 1.82) is 0 Å². The van der Waals surface area contributed by atoms with Gasteiger partial charge in [-0.25, -0.2) is 9.67 Å². The Kier molecular flexibility index (Phi) is 5.07. The molecule has 2 aromatic heterocycles. The average molecular weight is 354 g/mol. The van der Waals surface area contributed by atoms with Gasteiger partial charge in [-0.3, -0.25) is 9.59 Å². The van der Waals surface area contributed by atoms with E-state index in [4.69, 9.17) is 4.52 Å². The van der Waals surface area contributed by atoms with Crippen molar-refractivity contribution in [2.45, 2.75) is 26.9 Å². The maximum absolute atomic E-state index is 12.0. The van der Waals surface area contributed by atoms with E-state index in [1.54, 1.807) is 37.0 Å². The fourth-order valence-corrected chi connectivity index (χ4v) is 2.39. The van der Waals surface area contributed by atoms with E-state index in [2.05, 4.69) is 25.9 Å². The highest BCUT2D eigenvalue weighted by Crippen LogP contribution is 2.12. The molecule has 0 radical (unpaired) electrons. The number of rotatable bonds is 5. The molecule has 0 aliphatic rings. The van der Waals surface area contributed by atoms with Crippen molar-refractivity contribution >= 4 is 17.5 Å². The fraction of sp³-hybridized carbons (Fsp3) is 0.235. The average Bonchev–Trinajstić information content (AvgIpc) is 3.25. The van der Waals surface area contributed by atoms with Crippen LogP contribution in [0.1, 0.15) is 22.6 Å². The van der Waals surface area contributed by atoms with Gasteiger partial charge in [0.15, 0.2) is 0 Å². The lowest BCUT2D eigenvalue weighted by Crippen LogP contribution is -2.35. The lowest BCUT2D eigenvalue weighted by molar-refractivity contribution is -0.136. The highest BCUT2D eigenvalue weighted by Gasteiger charge is 2.16. The topological polar surface area (TPSA) is 115 Å². The molecule has 0 saturated carbocycles. The van der Waals surface area contributed by atoms with E-state index in [1.807, 2.05) is 12.1 Å². The quantitative estimate of drug-likeness (QED) is 0.665. The Morgan fingerprint density at radius 2 is 1.92 bits per heavy atom. The lowest BCUT2D eigenvalue weighted by Gasteiger charge is -2.07. The van der Waals surface area contributed by atoms with Crippen molar-refractivity contribution < 1.29 is 14.1 Å². The van der Waals surface area contributed by atoms with Gasteiger partial charge in [0.25, 0.3) is 0 Å². The molecule has 3 aromatic rings. The number of hydrogen-bond donors (Lipinski definition) is 2. The molecule has 0 atom stereocenters. The van der Waals surface area contributed by atoms with E-state index in [0.717, 1.165) is 11.1 Å². The van der Waals surface area contributed by atoms with Crippen LogP contribution in [0.25, 0.3) is 0 Å². The summed E-state index contributed by atoms with van der Waals surface area (Å²) in [6.07, 6.45) is 3.09. The molecule has 0 fully saturated rings. The van der Waals surface area contributed by atoms with Crippen molar-refractivity contribution in [3.63, 3.8) is 0 Å². The zero-order chi connectivity index (χ0) is 18.5. The maximum Gasteiger partial charge on any atom is 0.313 e. The number of anilines is 1. The van der Waals surface area contributed by atoms with Gasteiger partial charge < -0.3 is 15.2 Å². The van der Waals surface area contributed by atoms with Crippen LogP contribution in [0.2, 0.25) is 0 Å². The summed E-state index contributed by atoms with van der Waals surface area (Å²) >= 11 is 0. The van der Waals surface area contributed by atoms with Gasteiger partial charge in [-0.05, 0) is 31.5 Å². The molecule has 9 heteroatoms. The number of amides is 2. The summed E-state index contributed by atoms with van der Waals surface area (Å²) in [5.41, 5.74) is 2.98. The highest BCUT2D eigenvalue weighted by atomic mass is 16.5. The number of carbonyl (C=O) groups excluding carboxylic acids is 2. The first-order chi connectivity index (χ1) is 12.5. The van der Waals surface area contributed by atoms with E-state index >= 15 is 0 Å². The summed E-state index contributed by atoms with van der Waals surface area (Å²) in [6, 6.07) is 7.15. The zero-order valence-electron chi connectivity index (χ0n) is 14.4. The summed E-state index contributed by atoms with van der Waals surface area (Å²) in [5, 5.41) is 13.0. The second kappa shape index (κ2) is 7.60. The monoisotopic (exact) mass is 354 g/mol. The smallest absolute Gasteiger partial charge is 0.313 e. The molecule has 0 spiro atoms. The van der Waals surface area contributed by atoms with Gasteiger partial charge in [-0.2, -0.15) is 5.10 Å². The standard InChI is InChI=1S/C17H18N6O3/c1-11-15(12(2)26-22-11)7-19-16(24)17(25)21-14-5-3-13(4-6-14)8-23-10-18-9-20-23/h3-6,9-10H,7-8H2,1-2H3,(H,19,24)(H,21,25). The van der Waals surface area contributed by atoms with E-state index in [-0.39, 0.29) is 6.54 Å². The van der Waals surface area contributed by atoms with E-state index < -0.39 is 11.8 Å². The molecule has 9 nitrogen and oxygen atoms in total. The SMILES string of the molecule is Cc1noc(C)c1CNC(=O)C(=O)Nc1ccc(Cn2cncn2)cc1. The number of aromatic nitrogens is 4. The first kappa shape index (κ1) is 17.3. The molecular weight excluding hydrogens is 336 g/mol. The van der Waals surface area contributed by atoms with Crippen molar-refractivity contribution in [2.75, 3.05) is 5.32 Å². The summed E-state index contributed by atoms with van der Waals surface area (Å²) in [6.45, 7) is 4.29. The molecular formula is C17H18N6O3. The van der Waals surface area contributed by atoms with E-state index in [9.17, 15) is 9.59 Å². The Morgan fingerprint density at radius 1 is 1.15 bits per heavy atom. The maximum atomic E-state index is 12.0. The lowest BCUT2D eigenvalue weighted by atomic mass is 10.2. The number of carbonyl (C=O) groups is 2. The first-order valence-corrected chi connectivity index (χ1v) is 7.95. The summed E-state index contributed by atoms with van der Waals surface area (Å²) in [4.78, 5) is 27.8.